The summed E-state index contributed by atoms with van der Waals surface area (Å²) < 4.78 is 10.2. The van der Waals surface area contributed by atoms with E-state index >= 15 is 0 Å². The van der Waals surface area contributed by atoms with Gasteiger partial charge in [-0.05, 0) is 55.0 Å². The van der Waals surface area contributed by atoms with Gasteiger partial charge in [-0.15, -0.1) is 0 Å². The maximum atomic E-state index is 12.3. The summed E-state index contributed by atoms with van der Waals surface area (Å²) in [6, 6.07) is 15.9. The van der Waals surface area contributed by atoms with Gasteiger partial charge in [0, 0.05) is 25.5 Å². The van der Waals surface area contributed by atoms with E-state index in [1.54, 1.807) is 43.5 Å². The number of ether oxygens (including phenoxy) is 2. The van der Waals surface area contributed by atoms with Crippen LogP contribution in [0.15, 0.2) is 54.1 Å². The summed E-state index contributed by atoms with van der Waals surface area (Å²) in [5.41, 5.74) is 2.02. The smallest absolute Gasteiger partial charge is 0.349 e. The minimum Gasteiger partial charge on any atom is -0.497 e. The standard InChI is InChI=1S/C22H23N3O4/c1-15(21(26)24-18-7-11-20(28-4)12-8-18)29-22(27)17(14-23)13-16-5-9-19(10-6-16)25(2)3/h5-13,15H,1-4H3,(H,24,26)/b17-13+/t15-/m0/s1. The molecule has 1 N–H and O–H groups in total. The summed E-state index contributed by atoms with van der Waals surface area (Å²) in [6.07, 6.45) is 0.355. The van der Waals surface area contributed by atoms with E-state index in [9.17, 15) is 14.9 Å². The van der Waals surface area contributed by atoms with Crippen molar-refractivity contribution >= 4 is 29.3 Å². The van der Waals surface area contributed by atoms with Crippen molar-refractivity contribution in [3.05, 3.63) is 59.7 Å². The topological polar surface area (TPSA) is 91.7 Å². The lowest BCUT2D eigenvalue weighted by Gasteiger charge is -2.14. The molecule has 0 radical (unpaired) electrons. The summed E-state index contributed by atoms with van der Waals surface area (Å²) >= 11 is 0. The number of carbonyl (C=O) groups excluding carboxylic acids is 2. The van der Waals surface area contributed by atoms with E-state index in [4.69, 9.17) is 9.47 Å². The van der Waals surface area contributed by atoms with Crippen molar-refractivity contribution in [2.45, 2.75) is 13.0 Å². The molecule has 0 unspecified atom stereocenters. The molecule has 1 atom stereocenters. The number of methoxy groups -OCH3 is 1. The number of hydrogen-bond donors (Lipinski definition) is 1. The van der Waals surface area contributed by atoms with Crippen LogP contribution in [-0.2, 0) is 14.3 Å². The average Bonchev–Trinajstić information content (AvgIpc) is 2.72. The molecule has 2 aromatic carbocycles. The van der Waals surface area contributed by atoms with Gasteiger partial charge < -0.3 is 19.7 Å². The number of hydrogen-bond acceptors (Lipinski definition) is 6. The molecule has 0 aromatic heterocycles. The summed E-state index contributed by atoms with van der Waals surface area (Å²) in [7, 11) is 5.38. The van der Waals surface area contributed by atoms with Gasteiger partial charge >= 0.3 is 5.97 Å². The molecule has 1 amide bonds. The Morgan fingerprint density at radius 2 is 1.72 bits per heavy atom. The van der Waals surface area contributed by atoms with E-state index in [-0.39, 0.29) is 5.57 Å². The van der Waals surface area contributed by atoms with E-state index in [0.717, 1.165) is 5.69 Å². The third-order valence-corrected chi connectivity index (χ3v) is 4.07. The minimum absolute atomic E-state index is 0.188. The quantitative estimate of drug-likeness (QED) is 0.441. The second kappa shape index (κ2) is 9.95. The third-order valence-electron chi connectivity index (χ3n) is 4.07. The largest absolute Gasteiger partial charge is 0.497 e. The number of nitrogens with zero attached hydrogens (tertiary/aromatic N) is 2. The van der Waals surface area contributed by atoms with Crippen LogP contribution < -0.4 is 15.0 Å². The number of nitrogens with one attached hydrogen (secondary N) is 1. The fourth-order valence-corrected chi connectivity index (χ4v) is 2.37. The van der Waals surface area contributed by atoms with E-state index in [1.165, 1.54) is 13.0 Å². The Kier molecular flexibility index (Phi) is 7.38. The number of rotatable bonds is 7. The van der Waals surface area contributed by atoms with Crippen molar-refractivity contribution in [3.63, 3.8) is 0 Å². The monoisotopic (exact) mass is 393 g/mol. The van der Waals surface area contributed by atoms with E-state index in [2.05, 4.69) is 5.32 Å². The fraction of sp³-hybridized carbons (Fsp3) is 0.227. The molecule has 0 spiro atoms. The van der Waals surface area contributed by atoms with Gasteiger partial charge in [-0.3, -0.25) is 4.79 Å². The lowest BCUT2D eigenvalue weighted by atomic mass is 10.1. The van der Waals surface area contributed by atoms with Crippen molar-refractivity contribution in [3.8, 4) is 11.8 Å². The van der Waals surface area contributed by atoms with Gasteiger partial charge in [0.2, 0.25) is 0 Å². The molecule has 0 saturated heterocycles. The molecule has 2 rings (SSSR count). The van der Waals surface area contributed by atoms with Crippen molar-refractivity contribution in [2.75, 3.05) is 31.4 Å². The normalized spacial score (nSPS) is 11.8. The first-order valence-electron chi connectivity index (χ1n) is 8.89. The summed E-state index contributed by atoms with van der Waals surface area (Å²) in [5.74, 6) is -0.706. The molecule has 7 heteroatoms. The molecule has 0 heterocycles. The molecule has 0 fully saturated rings. The van der Waals surface area contributed by atoms with Gasteiger partial charge in [0.05, 0.1) is 7.11 Å². The zero-order chi connectivity index (χ0) is 21.4. The van der Waals surface area contributed by atoms with Crippen LogP contribution in [0.25, 0.3) is 6.08 Å². The van der Waals surface area contributed by atoms with Crippen LogP contribution in [0.4, 0.5) is 11.4 Å². The Bertz CT molecular complexity index is 926. The Balaban J connectivity index is 2.01. The molecule has 0 aliphatic heterocycles. The molecule has 0 aliphatic rings. The van der Waals surface area contributed by atoms with Crippen molar-refractivity contribution in [1.29, 1.82) is 5.26 Å². The predicted molar refractivity (Wildman–Crippen MR) is 112 cm³/mol. The van der Waals surface area contributed by atoms with Crippen molar-refractivity contribution < 1.29 is 19.1 Å². The van der Waals surface area contributed by atoms with Crippen molar-refractivity contribution in [1.82, 2.24) is 0 Å². The van der Waals surface area contributed by atoms with Crippen LogP contribution in [0.2, 0.25) is 0 Å². The zero-order valence-corrected chi connectivity index (χ0v) is 16.8. The van der Waals surface area contributed by atoms with E-state index < -0.39 is 18.0 Å². The van der Waals surface area contributed by atoms with Crippen LogP contribution >= 0.6 is 0 Å². The molecule has 0 saturated carbocycles. The third kappa shape index (κ3) is 6.11. The highest BCUT2D eigenvalue weighted by molar-refractivity contribution is 6.01. The van der Waals surface area contributed by atoms with Crippen LogP contribution in [0.1, 0.15) is 12.5 Å². The Labute approximate surface area is 170 Å². The Morgan fingerprint density at radius 3 is 2.24 bits per heavy atom. The van der Waals surface area contributed by atoms with Gasteiger partial charge in [0.25, 0.3) is 5.91 Å². The van der Waals surface area contributed by atoms with Gasteiger partial charge in [-0.2, -0.15) is 5.26 Å². The number of esters is 1. The summed E-state index contributed by atoms with van der Waals surface area (Å²) in [5, 5.41) is 11.9. The number of amides is 1. The predicted octanol–water partition coefficient (Wildman–Crippen LogP) is 3.24. The highest BCUT2D eigenvalue weighted by Gasteiger charge is 2.20. The van der Waals surface area contributed by atoms with Crippen LogP contribution in [0, 0.1) is 11.3 Å². The van der Waals surface area contributed by atoms with E-state index in [0.29, 0.717) is 17.0 Å². The average molecular weight is 393 g/mol. The lowest BCUT2D eigenvalue weighted by molar-refractivity contribution is -0.148. The second-order valence-electron chi connectivity index (χ2n) is 6.42. The van der Waals surface area contributed by atoms with E-state index in [1.807, 2.05) is 37.2 Å². The van der Waals surface area contributed by atoms with Gasteiger partial charge in [0.15, 0.2) is 6.10 Å². The number of nitriles is 1. The minimum atomic E-state index is -1.07. The molecule has 2 aromatic rings. The highest BCUT2D eigenvalue weighted by atomic mass is 16.5. The molecular formula is C22H23N3O4. The fourth-order valence-electron chi connectivity index (χ4n) is 2.37. The molecule has 29 heavy (non-hydrogen) atoms. The highest BCUT2D eigenvalue weighted by Crippen LogP contribution is 2.17. The molecule has 150 valence electrons. The molecule has 7 nitrogen and oxygen atoms in total. The summed E-state index contributed by atoms with van der Waals surface area (Å²) in [4.78, 5) is 26.5. The molecule has 0 aliphatic carbocycles. The number of benzene rings is 2. The molecular weight excluding hydrogens is 370 g/mol. The number of anilines is 2. The van der Waals surface area contributed by atoms with Crippen LogP contribution in [0.5, 0.6) is 5.75 Å². The Morgan fingerprint density at radius 1 is 1.10 bits per heavy atom. The second-order valence-corrected chi connectivity index (χ2v) is 6.42. The maximum Gasteiger partial charge on any atom is 0.349 e. The first-order valence-corrected chi connectivity index (χ1v) is 8.89. The van der Waals surface area contributed by atoms with Gasteiger partial charge in [0.1, 0.15) is 17.4 Å². The first kappa shape index (κ1) is 21.5. The van der Waals surface area contributed by atoms with Gasteiger partial charge in [-0.25, -0.2) is 4.79 Å². The van der Waals surface area contributed by atoms with Gasteiger partial charge in [-0.1, -0.05) is 12.1 Å². The molecule has 0 bridgehead atoms. The first-order chi connectivity index (χ1) is 13.8. The zero-order valence-electron chi connectivity index (χ0n) is 16.8. The Hall–Kier alpha value is -3.79. The van der Waals surface area contributed by atoms with Crippen LogP contribution in [-0.4, -0.2) is 39.2 Å². The SMILES string of the molecule is COc1ccc(NC(=O)[C@H](C)OC(=O)/C(C#N)=C/c2ccc(N(C)C)cc2)cc1. The lowest BCUT2D eigenvalue weighted by Crippen LogP contribution is -2.30. The van der Waals surface area contributed by atoms with Crippen LogP contribution in [0.3, 0.4) is 0 Å². The van der Waals surface area contributed by atoms with Crippen molar-refractivity contribution in [2.24, 2.45) is 0 Å². The maximum absolute atomic E-state index is 12.3. The number of carbonyl (C=O) groups is 2. The summed E-state index contributed by atoms with van der Waals surface area (Å²) in [6.45, 7) is 1.44.